The monoisotopic (exact) mass is 536 g/mol. The van der Waals surface area contributed by atoms with Crippen LogP contribution in [0.15, 0.2) is 79.3 Å². The fourth-order valence-corrected chi connectivity index (χ4v) is 4.93. The summed E-state index contributed by atoms with van der Waals surface area (Å²) >= 11 is 0. The fraction of sp³-hybridized carbons (Fsp3) is 0.312. The molecule has 3 atom stereocenters. The molecular formula is C32H36N6O2. The third-order valence-electron chi connectivity index (χ3n) is 7.44. The summed E-state index contributed by atoms with van der Waals surface area (Å²) in [7, 11) is 1.62. The molecule has 3 aromatic carbocycles. The Kier molecular flexibility index (Phi) is 9.66. The molecule has 1 heterocycles. The van der Waals surface area contributed by atoms with Crippen LogP contribution in [0.5, 0.6) is 0 Å². The summed E-state index contributed by atoms with van der Waals surface area (Å²) in [6.07, 6.45) is 4.32. The van der Waals surface area contributed by atoms with Crippen LogP contribution in [0.3, 0.4) is 0 Å². The average Bonchev–Trinajstić information content (AvgIpc) is 3.42. The van der Waals surface area contributed by atoms with Crippen LogP contribution in [-0.4, -0.2) is 40.5 Å². The molecule has 206 valence electrons. The SMILES string of the molecule is CC[C@H](C)[C@H](NC(=O)Cc1cncn1Cc1ccc(C#N)cc1)C(NCc1cccc2ccccc12)C(=O)NC. The van der Waals surface area contributed by atoms with Gasteiger partial charge in [-0.15, -0.1) is 0 Å². The highest BCUT2D eigenvalue weighted by atomic mass is 16.2. The Balaban J connectivity index is 1.48. The van der Waals surface area contributed by atoms with Crippen molar-refractivity contribution < 1.29 is 9.59 Å². The molecule has 0 spiro atoms. The number of imidazole rings is 1. The van der Waals surface area contributed by atoms with E-state index in [-0.39, 0.29) is 24.2 Å². The summed E-state index contributed by atoms with van der Waals surface area (Å²) in [6.45, 7) is 5.13. The van der Waals surface area contributed by atoms with Crippen molar-refractivity contribution in [3.8, 4) is 6.07 Å². The van der Waals surface area contributed by atoms with Gasteiger partial charge in [0.05, 0.1) is 30.4 Å². The van der Waals surface area contributed by atoms with E-state index in [0.29, 0.717) is 18.7 Å². The molecule has 0 saturated heterocycles. The average molecular weight is 537 g/mol. The van der Waals surface area contributed by atoms with Crippen molar-refractivity contribution in [2.24, 2.45) is 5.92 Å². The Labute approximate surface area is 235 Å². The number of aromatic nitrogens is 2. The van der Waals surface area contributed by atoms with Gasteiger partial charge in [0.25, 0.3) is 0 Å². The lowest BCUT2D eigenvalue weighted by Gasteiger charge is -2.32. The van der Waals surface area contributed by atoms with Crippen LogP contribution in [0.4, 0.5) is 0 Å². The molecule has 1 aromatic heterocycles. The molecule has 0 fully saturated rings. The van der Waals surface area contributed by atoms with Crippen molar-refractivity contribution in [3.05, 3.63) is 102 Å². The number of rotatable bonds is 12. The molecule has 0 radical (unpaired) electrons. The number of amides is 2. The molecule has 8 nitrogen and oxygen atoms in total. The summed E-state index contributed by atoms with van der Waals surface area (Å²) in [5.41, 5.74) is 3.47. The van der Waals surface area contributed by atoms with Crippen molar-refractivity contribution in [1.29, 1.82) is 5.26 Å². The largest absolute Gasteiger partial charge is 0.358 e. The molecule has 0 aliphatic carbocycles. The highest BCUT2D eigenvalue weighted by Gasteiger charge is 2.32. The highest BCUT2D eigenvalue weighted by molar-refractivity contribution is 5.86. The lowest BCUT2D eigenvalue weighted by atomic mass is 9.91. The van der Waals surface area contributed by atoms with Gasteiger partial charge in [-0.2, -0.15) is 5.26 Å². The quantitative estimate of drug-likeness (QED) is 0.254. The standard InChI is InChI=1S/C32H36N6O2/c1-4-22(2)30(31(32(40)34-3)36-18-26-10-7-9-25-8-5-6-11-28(25)26)37-29(39)16-27-19-35-21-38(27)20-24-14-12-23(17-33)13-15-24/h5-15,19,21-22,30-31,36H,4,16,18,20H2,1-3H3,(H,34,40)(H,37,39)/t22-,30-,31?/m0/s1. The number of carbonyl (C=O) groups is 2. The van der Waals surface area contributed by atoms with Gasteiger partial charge in [0.2, 0.25) is 11.8 Å². The molecule has 8 heteroatoms. The zero-order valence-electron chi connectivity index (χ0n) is 23.2. The van der Waals surface area contributed by atoms with Gasteiger partial charge in [0.15, 0.2) is 0 Å². The number of hydrogen-bond acceptors (Lipinski definition) is 5. The van der Waals surface area contributed by atoms with Crippen LogP contribution in [0.25, 0.3) is 10.8 Å². The Morgan fingerprint density at radius 1 is 1.05 bits per heavy atom. The molecule has 4 rings (SSSR count). The summed E-state index contributed by atoms with van der Waals surface area (Å²) < 4.78 is 1.92. The lowest BCUT2D eigenvalue weighted by Crippen LogP contribution is -2.59. The summed E-state index contributed by atoms with van der Waals surface area (Å²) in [4.78, 5) is 30.7. The number of nitrogens with zero attached hydrogens (tertiary/aromatic N) is 3. The Hall–Kier alpha value is -4.48. The first kappa shape index (κ1) is 28.5. The zero-order chi connectivity index (χ0) is 28.5. The minimum atomic E-state index is -0.619. The number of nitrogens with one attached hydrogen (secondary N) is 3. The predicted octanol–water partition coefficient (Wildman–Crippen LogP) is 3.93. The molecule has 1 unspecified atom stereocenters. The number of likely N-dealkylation sites (N-methyl/N-ethyl adjacent to an activating group) is 1. The van der Waals surface area contributed by atoms with E-state index < -0.39 is 12.1 Å². The molecule has 0 aliphatic heterocycles. The summed E-state index contributed by atoms with van der Waals surface area (Å²) in [5.74, 6) is -0.292. The van der Waals surface area contributed by atoms with E-state index in [1.165, 1.54) is 0 Å². The third-order valence-corrected chi connectivity index (χ3v) is 7.44. The van der Waals surface area contributed by atoms with Crippen LogP contribution in [0.2, 0.25) is 0 Å². The van der Waals surface area contributed by atoms with E-state index in [4.69, 9.17) is 5.26 Å². The first-order valence-electron chi connectivity index (χ1n) is 13.6. The number of nitriles is 1. The molecule has 0 saturated carbocycles. The lowest BCUT2D eigenvalue weighted by molar-refractivity contribution is -0.125. The Morgan fingerprint density at radius 2 is 1.80 bits per heavy atom. The van der Waals surface area contributed by atoms with Crippen molar-refractivity contribution >= 4 is 22.6 Å². The van der Waals surface area contributed by atoms with Crippen molar-refractivity contribution in [1.82, 2.24) is 25.5 Å². The van der Waals surface area contributed by atoms with Crippen LogP contribution < -0.4 is 16.0 Å². The normalized spacial score (nSPS) is 13.2. The first-order valence-corrected chi connectivity index (χ1v) is 13.6. The third kappa shape index (κ3) is 6.93. The summed E-state index contributed by atoms with van der Waals surface area (Å²) in [6, 6.07) is 22.8. The van der Waals surface area contributed by atoms with Gasteiger partial charge in [-0.1, -0.05) is 74.9 Å². The van der Waals surface area contributed by atoms with E-state index in [9.17, 15) is 9.59 Å². The minimum Gasteiger partial charge on any atom is -0.358 e. The maximum absolute atomic E-state index is 13.3. The van der Waals surface area contributed by atoms with Crippen molar-refractivity contribution in [2.75, 3.05) is 7.05 Å². The van der Waals surface area contributed by atoms with Crippen LogP contribution in [0, 0.1) is 17.2 Å². The van der Waals surface area contributed by atoms with Gasteiger partial charge in [-0.05, 0) is 39.9 Å². The number of fused-ring (bicyclic) bond motifs is 1. The van der Waals surface area contributed by atoms with Crippen molar-refractivity contribution in [2.45, 2.75) is 51.9 Å². The van der Waals surface area contributed by atoms with E-state index >= 15 is 0 Å². The van der Waals surface area contributed by atoms with E-state index in [1.54, 1.807) is 31.7 Å². The molecular weight excluding hydrogens is 500 g/mol. The van der Waals surface area contributed by atoms with Gasteiger partial charge >= 0.3 is 0 Å². The second-order valence-electron chi connectivity index (χ2n) is 10.1. The minimum absolute atomic E-state index is 0.0508. The number of carbonyl (C=O) groups excluding carboxylic acids is 2. The maximum atomic E-state index is 13.3. The molecule has 0 bridgehead atoms. The fourth-order valence-electron chi connectivity index (χ4n) is 4.93. The first-order chi connectivity index (χ1) is 19.4. The van der Waals surface area contributed by atoms with Crippen LogP contribution in [0.1, 0.15) is 42.7 Å². The maximum Gasteiger partial charge on any atom is 0.239 e. The highest BCUT2D eigenvalue weighted by Crippen LogP contribution is 2.20. The van der Waals surface area contributed by atoms with E-state index in [1.807, 2.05) is 34.9 Å². The smallest absolute Gasteiger partial charge is 0.239 e. The van der Waals surface area contributed by atoms with Gasteiger partial charge in [-0.25, -0.2) is 4.98 Å². The molecule has 4 aromatic rings. The van der Waals surface area contributed by atoms with Crippen molar-refractivity contribution in [3.63, 3.8) is 0 Å². The molecule has 0 aliphatic rings. The molecule has 40 heavy (non-hydrogen) atoms. The van der Waals surface area contributed by atoms with Crippen LogP contribution >= 0.6 is 0 Å². The van der Waals surface area contributed by atoms with Crippen LogP contribution in [-0.2, 0) is 29.1 Å². The second kappa shape index (κ2) is 13.5. The molecule has 2 amide bonds. The van der Waals surface area contributed by atoms with Gasteiger partial charge < -0.3 is 20.5 Å². The second-order valence-corrected chi connectivity index (χ2v) is 10.1. The topological polar surface area (TPSA) is 112 Å². The van der Waals surface area contributed by atoms with Gasteiger partial charge in [-0.3, -0.25) is 9.59 Å². The van der Waals surface area contributed by atoms with E-state index in [2.05, 4.69) is 65.1 Å². The Morgan fingerprint density at radius 3 is 2.52 bits per heavy atom. The molecule has 3 N–H and O–H groups in total. The Bertz CT molecular complexity index is 1480. The number of hydrogen-bond donors (Lipinski definition) is 3. The number of benzene rings is 3. The van der Waals surface area contributed by atoms with Gasteiger partial charge in [0, 0.05) is 32.0 Å². The van der Waals surface area contributed by atoms with Gasteiger partial charge in [0.1, 0.15) is 6.04 Å². The van der Waals surface area contributed by atoms with E-state index in [0.717, 1.165) is 34.0 Å². The zero-order valence-corrected chi connectivity index (χ0v) is 23.2. The predicted molar refractivity (Wildman–Crippen MR) is 156 cm³/mol. The summed E-state index contributed by atoms with van der Waals surface area (Å²) in [5, 5.41) is 20.7.